The minimum absolute atomic E-state index is 0.187. The second kappa shape index (κ2) is 6.45. The second-order valence-electron chi connectivity index (χ2n) is 4.60. The van der Waals surface area contributed by atoms with Crippen molar-refractivity contribution in [1.29, 1.82) is 0 Å². The summed E-state index contributed by atoms with van der Waals surface area (Å²) in [7, 11) is 3.71. The predicted molar refractivity (Wildman–Crippen MR) is 80.0 cm³/mol. The third-order valence-electron chi connectivity index (χ3n) is 3.37. The molecule has 2 rings (SSSR count). The van der Waals surface area contributed by atoms with Gasteiger partial charge in [0, 0.05) is 19.7 Å². The van der Waals surface area contributed by atoms with Crippen molar-refractivity contribution in [1.82, 2.24) is 20.1 Å². The zero-order valence-electron chi connectivity index (χ0n) is 11.8. The van der Waals surface area contributed by atoms with Crippen molar-refractivity contribution in [2.24, 2.45) is 7.05 Å². The van der Waals surface area contributed by atoms with E-state index in [2.05, 4.69) is 38.3 Å². The maximum Gasteiger partial charge on any atom is 0.146 e. The van der Waals surface area contributed by atoms with Gasteiger partial charge in [0.25, 0.3) is 0 Å². The molecule has 0 spiro atoms. The molecule has 0 aliphatic rings. The first-order valence-electron chi connectivity index (χ1n) is 6.56. The van der Waals surface area contributed by atoms with Gasteiger partial charge in [-0.1, -0.05) is 6.92 Å². The SMILES string of the molecule is CCc1nn(C)c(CC(NC)c2ncccc2F)c1Br. The van der Waals surface area contributed by atoms with Crippen LogP contribution in [-0.2, 0) is 19.9 Å². The molecular formula is C14H18BrFN4. The summed E-state index contributed by atoms with van der Waals surface area (Å²) in [6.45, 7) is 2.06. The number of halogens is 2. The van der Waals surface area contributed by atoms with Crippen LogP contribution < -0.4 is 5.32 Å². The van der Waals surface area contributed by atoms with Crippen molar-refractivity contribution in [3.8, 4) is 0 Å². The van der Waals surface area contributed by atoms with Gasteiger partial charge in [-0.15, -0.1) is 0 Å². The van der Waals surface area contributed by atoms with Crippen LogP contribution in [0.2, 0.25) is 0 Å². The maximum absolute atomic E-state index is 13.9. The van der Waals surface area contributed by atoms with Crippen LogP contribution in [0.25, 0.3) is 0 Å². The van der Waals surface area contributed by atoms with Gasteiger partial charge in [-0.3, -0.25) is 9.67 Å². The molecule has 1 unspecified atom stereocenters. The average molecular weight is 341 g/mol. The third kappa shape index (κ3) is 2.91. The smallest absolute Gasteiger partial charge is 0.146 e. The van der Waals surface area contributed by atoms with Crippen LogP contribution in [0.3, 0.4) is 0 Å². The highest BCUT2D eigenvalue weighted by Crippen LogP contribution is 2.26. The molecule has 20 heavy (non-hydrogen) atoms. The van der Waals surface area contributed by atoms with Gasteiger partial charge in [-0.25, -0.2) is 4.39 Å². The first kappa shape index (κ1) is 15.1. The van der Waals surface area contributed by atoms with E-state index in [9.17, 15) is 4.39 Å². The number of pyridine rings is 1. The molecule has 2 aromatic rings. The van der Waals surface area contributed by atoms with Crippen LogP contribution in [0.5, 0.6) is 0 Å². The molecule has 1 N–H and O–H groups in total. The Morgan fingerprint density at radius 3 is 2.80 bits per heavy atom. The summed E-state index contributed by atoms with van der Waals surface area (Å²) in [6.07, 6.45) is 3.09. The number of aromatic nitrogens is 3. The zero-order valence-corrected chi connectivity index (χ0v) is 13.4. The Balaban J connectivity index is 2.32. The van der Waals surface area contributed by atoms with Crippen molar-refractivity contribution in [2.45, 2.75) is 25.8 Å². The van der Waals surface area contributed by atoms with E-state index in [-0.39, 0.29) is 11.9 Å². The standard InChI is InChI=1S/C14H18BrFN4/c1-4-10-13(15)12(20(3)19-10)8-11(17-2)14-9(16)6-5-7-18-14/h5-7,11,17H,4,8H2,1-3H3. The zero-order chi connectivity index (χ0) is 14.7. The van der Waals surface area contributed by atoms with Crippen molar-refractivity contribution in [2.75, 3.05) is 7.05 Å². The molecule has 0 aliphatic heterocycles. The fourth-order valence-corrected chi connectivity index (χ4v) is 3.00. The quantitative estimate of drug-likeness (QED) is 0.909. The lowest BCUT2D eigenvalue weighted by atomic mass is 10.1. The average Bonchev–Trinajstić information content (AvgIpc) is 2.72. The fourth-order valence-electron chi connectivity index (χ4n) is 2.22. The molecule has 6 heteroatoms. The molecule has 4 nitrogen and oxygen atoms in total. The lowest BCUT2D eigenvalue weighted by Crippen LogP contribution is -2.22. The lowest BCUT2D eigenvalue weighted by molar-refractivity contribution is 0.503. The van der Waals surface area contributed by atoms with Gasteiger partial charge in [0.1, 0.15) is 5.82 Å². The Hall–Kier alpha value is -1.27. The Bertz CT molecular complexity index is 597. The minimum Gasteiger partial charge on any atom is -0.311 e. The number of hydrogen-bond donors (Lipinski definition) is 1. The van der Waals surface area contributed by atoms with Gasteiger partial charge in [0.15, 0.2) is 0 Å². The highest BCUT2D eigenvalue weighted by Gasteiger charge is 2.21. The van der Waals surface area contributed by atoms with Crippen LogP contribution >= 0.6 is 15.9 Å². The summed E-state index contributed by atoms with van der Waals surface area (Å²) in [5.74, 6) is -0.291. The maximum atomic E-state index is 13.9. The largest absolute Gasteiger partial charge is 0.311 e. The van der Waals surface area contributed by atoms with E-state index in [0.717, 1.165) is 22.3 Å². The Morgan fingerprint density at radius 2 is 2.25 bits per heavy atom. The van der Waals surface area contributed by atoms with E-state index >= 15 is 0 Å². The van der Waals surface area contributed by atoms with E-state index in [4.69, 9.17) is 0 Å². The summed E-state index contributed by atoms with van der Waals surface area (Å²) in [4.78, 5) is 4.15. The van der Waals surface area contributed by atoms with Crippen molar-refractivity contribution >= 4 is 15.9 Å². The molecule has 0 saturated carbocycles. The van der Waals surface area contributed by atoms with Crippen LogP contribution in [0.15, 0.2) is 22.8 Å². The highest BCUT2D eigenvalue weighted by atomic mass is 79.9. The van der Waals surface area contributed by atoms with Gasteiger partial charge in [-0.05, 0) is 41.5 Å². The molecule has 0 saturated heterocycles. The number of aryl methyl sites for hydroxylation is 2. The fraction of sp³-hybridized carbons (Fsp3) is 0.429. The van der Waals surface area contributed by atoms with E-state index in [1.165, 1.54) is 6.07 Å². The normalized spacial score (nSPS) is 12.7. The Kier molecular flexibility index (Phi) is 4.88. The van der Waals surface area contributed by atoms with Crippen molar-refractivity contribution < 1.29 is 4.39 Å². The molecular weight excluding hydrogens is 323 g/mol. The van der Waals surface area contributed by atoms with Crippen LogP contribution in [-0.4, -0.2) is 21.8 Å². The summed E-state index contributed by atoms with van der Waals surface area (Å²) in [5.41, 5.74) is 2.48. The summed E-state index contributed by atoms with van der Waals surface area (Å²) in [6, 6.07) is 2.84. The number of rotatable bonds is 5. The Labute approximate surface area is 126 Å². The lowest BCUT2D eigenvalue weighted by Gasteiger charge is -2.16. The minimum atomic E-state index is -0.291. The van der Waals surface area contributed by atoms with Crippen LogP contribution in [0.4, 0.5) is 4.39 Å². The topological polar surface area (TPSA) is 42.7 Å². The van der Waals surface area contributed by atoms with E-state index < -0.39 is 0 Å². The molecule has 0 fully saturated rings. The van der Waals surface area contributed by atoms with E-state index in [0.29, 0.717) is 12.1 Å². The number of nitrogens with zero attached hydrogens (tertiary/aromatic N) is 3. The molecule has 0 amide bonds. The highest BCUT2D eigenvalue weighted by molar-refractivity contribution is 9.10. The van der Waals surface area contributed by atoms with Crippen LogP contribution in [0, 0.1) is 5.82 Å². The van der Waals surface area contributed by atoms with Gasteiger partial charge >= 0.3 is 0 Å². The molecule has 0 radical (unpaired) electrons. The molecule has 0 bridgehead atoms. The Morgan fingerprint density at radius 1 is 1.50 bits per heavy atom. The summed E-state index contributed by atoms with van der Waals surface area (Å²) in [5, 5.41) is 7.58. The molecule has 1 atom stereocenters. The van der Waals surface area contributed by atoms with Crippen molar-refractivity contribution in [3.63, 3.8) is 0 Å². The second-order valence-corrected chi connectivity index (χ2v) is 5.39. The monoisotopic (exact) mass is 340 g/mol. The van der Waals surface area contributed by atoms with E-state index in [1.807, 2.05) is 18.8 Å². The van der Waals surface area contributed by atoms with Crippen molar-refractivity contribution in [3.05, 3.63) is 45.7 Å². The number of hydrogen-bond acceptors (Lipinski definition) is 3. The molecule has 2 heterocycles. The molecule has 2 aromatic heterocycles. The van der Waals surface area contributed by atoms with E-state index in [1.54, 1.807) is 12.3 Å². The number of nitrogens with one attached hydrogen (secondary N) is 1. The number of likely N-dealkylation sites (N-methyl/N-ethyl adjacent to an activating group) is 1. The summed E-state index contributed by atoms with van der Waals surface area (Å²) < 4.78 is 16.7. The van der Waals surface area contributed by atoms with Gasteiger partial charge < -0.3 is 5.32 Å². The first-order chi connectivity index (χ1) is 9.58. The van der Waals surface area contributed by atoms with Gasteiger partial charge in [0.05, 0.1) is 27.6 Å². The molecule has 0 aliphatic carbocycles. The first-order valence-corrected chi connectivity index (χ1v) is 7.35. The predicted octanol–water partition coefficient (Wildman–Crippen LogP) is 2.78. The third-order valence-corrected chi connectivity index (χ3v) is 4.28. The van der Waals surface area contributed by atoms with Crippen LogP contribution in [0.1, 0.15) is 30.0 Å². The molecule has 0 aromatic carbocycles. The van der Waals surface area contributed by atoms with Gasteiger partial charge in [-0.2, -0.15) is 5.10 Å². The molecule has 108 valence electrons. The summed E-state index contributed by atoms with van der Waals surface area (Å²) >= 11 is 3.59. The van der Waals surface area contributed by atoms with Gasteiger partial charge in [0.2, 0.25) is 0 Å².